The monoisotopic (exact) mass is 600 g/mol. The molecule has 4 aromatic carbocycles. The Morgan fingerprint density at radius 2 is 1.44 bits per heavy atom. The summed E-state index contributed by atoms with van der Waals surface area (Å²) in [5, 5.41) is 1.34. The minimum absolute atomic E-state index is 0.0611. The van der Waals surface area contributed by atoms with E-state index in [0.717, 1.165) is 40.3 Å². The molecule has 1 aliphatic heterocycles. The van der Waals surface area contributed by atoms with Crippen molar-refractivity contribution in [3.8, 4) is 11.5 Å². The van der Waals surface area contributed by atoms with E-state index in [1.807, 2.05) is 54.6 Å². The highest BCUT2D eigenvalue weighted by atomic mass is 32.2. The minimum Gasteiger partial charge on any atom is -0.457 e. The maximum Gasteiger partial charge on any atom is 0.271 e. The van der Waals surface area contributed by atoms with Crippen molar-refractivity contribution in [1.82, 2.24) is 0 Å². The largest absolute Gasteiger partial charge is 0.457 e. The Kier molecular flexibility index (Phi) is 7.21. The number of fused-ring (bicyclic) bond motifs is 1. The normalized spacial score (nSPS) is 13.2. The van der Waals surface area contributed by atoms with Crippen LogP contribution in [-0.4, -0.2) is 29.1 Å². The van der Waals surface area contributed by atoms with Crippen LogP contribution in [0.25, 0.3) is 0 Å². The summed E-state index contributed by atoms with van der Waals surface area (Å²) in [7, 11) is -7.82. The fourth-order valence-corrected chi connectivity index (χ4v) is 8.48. The van der Waals surface area contributed by atoms with Crippen molar-refractivity contribution in [3.05, 3.63) is 131 Å². The average molecular weight is 601 g/mol. The molecule has 2 heterocycles. The zero-order valence-corrected chi connectivity index (χ0v) is 24.0. The Morgan fingerprint density at radius 1 is 0.732 bits per heavy atom. The maximum atomic E-state index is 13.1. The van der Waals surface area contributed by atoms with Crippen molar-refractivity contribution in [1.29, 1.82) is 0 Å². The summed E-state index contributed by atoms with van der Waals surface area (Å²) >= 11 is 0.857. The van der Waals surface area contributed by atoms with Crippen molar-refractivity contribution < 1.29 is 21.6 Å². The van der Waals surface area contributed by atoms with Crippen molar-refractivity contribution >= 4 is 42.6 Å². The SMILES string of the molecule is O=S(=O)(Nc1ccc(C2=NCCc3ccc(Oc4ccccc4)cc32)cc1)c1cc(S(=O)(=O)c2ccccc2)cs1. The lowest BCUT2D eigenvalue weighted by Gasteiger charge is -2.19. The van der Waals surface area contributed by atoms with Crippen molar-refractivity contribution in [2.45, 2.75) is 20.4 Å². The van der Waals surface area contributed by atoms with E-state index in [1.54, 1.807) is 30.3 Å². The van der Waals surface area contributed by atoms with Gasteiger partial charge in [0, 0.05) is 28.7 Å². The van der Waals surface area contributed by atoms with Gasteiger partial charge < -0.3 is 4.74 Å². The molecule has 0 amide bonds. The van der Waals surface area contributed by atoms with Gasteiger partial charge in [-0.05, 0) is 66.6 Å². The van der Waals surface area contributed by atoms with E-state index >= 15 is 0 Å². The zero-order chi connectivity index (χ0) is 28.5. The summed E-state index contributed by atoms with van der Waals surface area (Å²) in [5.41, 5.74) is 4.15. The molecule has 0 aliphatic carbocycles. The van der Waals surface area contributed by atoms with Crippen LogP contribution in [0.5, 0.6) is 11.5 Å². The highest BCUT2D eigenvalue weighted by Gasteiger charge is 2.24. The second-order valence-electron chi connectivity index (χ2n) is 9.32. The highest BCUT2D eigenvalue weighted by molar-refractivity contribution is 7.95. The van der Waals surface area contributed by atoms with Gasteiger partial charge >= 0.3 is 0 Å². The van der Waals surface area contributed by atoms with Gasteiger partial charge in [0.25, 0.3) is 10.0 Å². The molecule has 1 aliphatic rings. The number of rotatable bonds is 8. The lowest BCUT2D eigenvalue weighted by Crippen LogP contribution is -2.15. The Bertz CT molecular complexity index is 1950. The molecule has 0 bridgehead atoms. The molecule has 206 valence electrons. The number of para-hydroxylation sites is 1. The number of anilines is 1. The smallest absolute Gasteiger partial charge is 0.271 e. The Morgan fingerprint density at radius 3 is 2.17 bits per heavy atom. The molecule has 0 fully saturated rings. The van der Waals surface area contributed by atoms with Gasteiger partial charge in [0.1, 0.15) is 15.7 Å². The first-order valence-electron chi connectivity index (χ1n) is 12.7. The van der Waals surface area contributed by atoms with Gasteiger partial charge in [0.2, 0.25) is 9.84 Å². The Labute approximate surface area is 242 Å². The third kappa shape index (κ3) is 5.67. The number of nitrogens with one attached hydrogen (secondary N) is 1. The van der Waals surface area contributed by atoms with E-state index in [2.05, 4.69) is 10.8 Å². The first-order valence-corrected chi connectivity index (χ1v) is 16.6. The van der Waals surface area contributed by atoms with Crippen LogP contribution in [0.4, 0.5) is 5.69 Å². The number of aliphatic imine (C=N–C) groups is 1. The van der Waals surface area contributed by atoms with Crippen LogP contribution >= 0.6 is 11.3 Å². The van der Waals surface area contributed by atoms with Crippen LogP contribution in [0.15, 0.2) is 134 Å². The summed E-state index contributed by atoms with van der Waals surface area (Å²) in [6.45, 7) is 0.655. The third-order valence-corrected chi connectivity index (χ3v) is 11.3. The first-order chi connectivity index (χ1) is 19.8. The van der Waals surface area contributed by atoms with Gasteiger partial charge in [0.05, 0.1) is 15.5 Å². The van der Waals surface area contributed by atoms with Gasteiger partial charge in [0.15, 0.2) is 0 Å². The highest BCUT2D eigenvalue weighted by Crippen LogP contribution is 2.31. The number of sulfonamides is 1. The predicted molar refractivity (Wildman–Crippen MR) is 161 cm³/mol. The molecular formula is C31H24N2O5S3. The van der Waals surface area contributed by atoms with Gasteiger partial charge in [-0.25, -0.2) is 16.8 Å². The van der Waals surface area contributed by atoms with E-state index in [4.69, 9.17) is 9.73 Å². The number of benzene rings is 4. The number of ether oxygens (including phenoxy) is 1. The van der Waals surface area contributed by atoms with E-state index in [1.165, 1.54) is 29.1 Å². The predicted octanol–water partition coefficient (Wildman–Crippen LogP) is 6.57. The number of nitrogens with zero attached hydrogens (tertiary/aromatic N) is 1. The van der Waals surface area contributed by atoms with E-state index < -0.39 is 19.9 Å². The standard InChI is InChI=1S/C31H24N2O5S3/c34-40(35,27-9-5-2-6-10-27)28-20-30(39-21-28)41(36,37)33-24-14-11-23(12-15-24)31-29-19-26(16-13-22(29)17-18-32-31)38-25-7-3-1-4-8-25/h1-16,19-21,33H,17-18H2. The maximum absolute atomic E-state index is 13.1. The van der Waals surface area contributed by atoms with Gasteiger partial charge in [-0.3, -0.25) is 9.71 Å². The topological polar surface area (TPSA) is 102 Å². The van der Waals surface area contributed by atoms with E-state index in [0.29, 0.717) is 18.0 Å². The van der Waals surface area contributed by atoms with Crippen LogP contribution in [-0.2, 0) is 26.3 Å². The lowest BCUT2D eigenvalue weighted by atomic mass is 9.93. The Hall–Kier alpha value is -4.25. The molecule has 1 N–H and O–H groups in total. The molecule has 0 unspecified atom stereocenters. The molecule has 7 nitrogen and oxygen atoms in total. The summed E-state index contributed by atoms with van der Waals surface area (Å²) < 4.78 is 60.4. The molecule has 0 atom stereocenters. The molecule has 0 saturated heterocycles. The summed E-state index contributed by atoms with van der Waals surface area (Å²) in [4.78, 5) is 4.81. The fourth-order valence-electron chi connectivity index (χ4n) is 4.52. The Balaban J connectivity index is 1.21. The van der Waals surface area contributed by atoms with Gasteiger partial charge in [-0.15, -0.1) is 11.3 Å². The number of hydrogen-bond donors (Lipinski definition) is 1. The second-order valence-corrected chi connectivity index (χ2v) is 14.1. The fraction of sp³-hybridized carbons (Fsp3) is 0.0645. The molecule has 0 radical (unpaired) electrons. The molecule has 1 aromatic heterocycles. The van der Waals surface area contributed by atoms with Gasteiger partial charge in [-0.2, -0.15) is 0 Å². The first kappa shape index (κ1) is 26.9. The molecular weight excluding hydrogens is 577 g/mol. The molecule has 5 aromatic rings. The van der Waals surface area contributed by atoms with Crippen LogP contribution < -0.4 is 9.46 Å². The molecule has 0 saturated carbocycles. The van der Waals surface area contributed by atoms with E-state index in [9.17, 15) is 16.8 Å². The molecule has 0 spiro atoms. The third-order valence-electron chi connectivity index (χ3n) is 6.56. The number of thiophene rings is 1. The van der Waals surface area contributed by atoms with Crippen LogP contribution in [0.2, 0.25) is 0 Å². The molecule has 41 heavy (non-hydrogen) atoms. The number of hydrogen-bond acceptors (Lipinski definition) is 7. The summed E-state index contributed by atoms with van der Waals surface area (Å²) in [6, 6.07) is 31.6. The molecule has 10 heteroatoms. The summed E-state index contributed by atoms with van der Waals surface area (Å²) in [5.74, 6) is 1.45. The van der Waals surface area contributed by atoms with Crippen LogP contribution in [0.1, 0.15) is 16.7 Å². The second kappa shape index (κ2) is 11.0. The van der Waals surface area contributed by atoms with E-state index in [-0.39, 0.29) is 14.0 Å². The van der Waals surface area contributed by atoms with Crippen molar-refractivity contribution in [2.24, 2.45) is 4.99 Å². The average Bonchev–Trinajstić information content (AvgIpc) is 3.51. The zero-order valence-electron chi connectivity index (χ0n) is 21.6. The lowest BCUT2D eigenvalue weighted by molar-refractivity contribution is 0.482. The van der Waals surface area contributed by atoms with Crippen molar-refractivity contribution in [2.75, 3.05) is 11.3 Å². The van der Waals surface area contributed by atoms with Crippen LogP contribution in [0.3, 0.4) is 0 Å². The molecule has 6 rings (SSSR count). The number of sulfone groups is 1. The quantitative estimate of drug-likeness (QED) is 0.217. The summed E-state index contributed by atoms with van der Waals surface area (Å²) in [6.07, 6.45) is 0.825. The van der Waals surface area contributed by atoms with Crippen molar-refractivity contribution in [3.63, 3.8) is 0 Å². The minimum atomic E-state index is -4.00. The van der Waals surface area contributed by atoms with Gasteiger partial charge in [-0.1, -0.05) is 54.6 Å². The van der Waals surface area contributed by atoms with Crippen LogP contribution in [0, 0.1) is 0 Å².